The zero-order valence-corrected chi connectivity index (χ0v) is 15.3. The molecule has 0 radical (unpaired) electrons. The van der Waals surface area contributed by atoms with Gasteiger partial charge in [-0.2, -0.15) is 0 Å². The van der Waals surface area contributed by atoms with Crippen LogP contribution in [0, 0.1) is 0 Å². The van der Waals surface area contributed by atoms with Crippen molar-refractivity contribution in [1.29, 1.82) is 0 Å². The Kier molecular flexibility index (Phi) is 7.21. The normalized spacial score (nSPS) is 23.8. The first kappa shape index (κ1) is 19.1. The second-order valence-electron chi connectivity index (χ2n) is 7.21. The molecule has 0 aliphatic carbocycles. The Labute approximate surface area is 156 Å². The predicted octanol–water partition coefficient (Wildman–Crippen LogP) is 2.55. The summed E-state index contributed by atoms with van der Waals surface area (Å²) in [4.78, 5) is 2.46. The Bertz CT molecular complexity index is 635. The summed E-state index contributed by atoms with van der Waals surface area (Å²) in [7, 11) is 0. The van der Waals surface area contributed by atoms with Crippen molar-refractivity contribution in [3.05, 3.63) is 71.8 Å². The monoisotopic (exact) mass is 354 g/mol. The minimum absolute atomic E-state index is 0.0595. The molecule has 1 fully saturated rings. The summed E-state index contributed by atoms with van der Waals surface area (Å²) < 4.78 is 0. The van der Waals surface area contributed by atoms with Gasteiger partial charge in [-0.3, -0.25) is 4.90 Å². The van der Waals surface area contributed by atoms with Crippen LogP contribution in [-0.2, 0) is 13.1 Å². The minimum atomic E-state index is -0.352. The molecule has 2 aromatic carbocycles. The van der Waals surface area contributed by atoms with Crippen molar-refractivity contribution in [1.82, 2.24) is 10.2 Å². The van der Waals surface area contributed by atoms with E-state index in [0.717, 1.165) is 38.9 Å². The molecule has 0 unspecified atom stereocenters. The summed E-state index contributed by atoms with van der Waals surface area (Å²) in [5.41, 5.74) is 2.52. The Balaban J connectivity index is 1.64. The van der Waals surface area contributed by atoms with Crippen LogP contribution in [-0.4, -0.2) is 46.5 Å². The highest BCUT2D eigenvalue weighted by Gasteiger charge is 2.33. The van der Waals surface area contributed by atoms with Crippen LogP contribution in [0.5, 0.6) is 0 Å². The molecule has 3 rings (SSSR count). The van der Waals surface area contributed by atoms with Crippen LogP contribution in [0.25, 0.3) is 0 Å². The SMILES string of the molecule is OCCC[C@@H]1C[C@@H](O)[C@@H](NCc2ccccc2)CN1Cc1ccccc1. The molecule has 1 aliphatic rings. The van der Waals surface area contributed by atoms with Crippen LogP contribution in [0.3, 0.4) is 0 Å². The first-order chi connectivity index (χ1) is 12.8. The van der Waals surface area contributed by atoms with Crippen molar-refractivity contribution in [3.8, 4) is 0 Å². The number of rotatable bonds is 8. The van der Waals surface area contributed by atoms with Gasteiger partial charge in [-0.1, -0.05) is 60.7 Å². The maximum atomic E-state index is 10.6. The van der Waals surface area contributed by atoms with Crippen molar-refractivity contribution in [2.24, 2.45) is 0 Å². The molecule has 4 heteroatoms. The van der Waals surface area contributed by atoms with E-state index in [1.165, 1.54) is 11.1 Å². The van der Waals surface area contributed by atoms with Crippen LogP contribution >= 0.6 is 0 Å². The number of aliphatic hydroxyl groups excluding tert-OH is 2. The maximum Gasteiger partial charge on any atom is 0.0720 e. The molecule has 140 valence electrons. The third-order valence-corrected chi connectivity index (χ3v) is 5.26. The molecular weight excluding hydrogens is 324 g/mol. The second kappa shape index (κ2) is 9.83. The summed E-state index contributed by atoms with van der Waals surface area (Å²) in [6.07, 6.45) is 2.10. The van der Waals surface area contributed by atoms with Gasteiger partial charge in [0.2, 0.25) is 0 Å². The lowest BCUT2D eigenvalue weighted by Gasteiger charge is -2.43. The van der Waals surface area contributed by atoms with E-state index in [4.69, 9.17) is 0 Å². The molecule has 3 atom stereocenters. The fraction of sp³-hybridized carbons (Fsp3) is 0.455. The third-order valence-electron chi connectivity index (χ3n) is 5.26. The van der Waals surface area contributed by atoms with E-state index < -0.39 is 0 Å². The quantitative estimate of drug-likeness (QED) is 0.682. The van der Waals surface area contributed by atoms with E-state index in [-0.39, 0.29) is 18.8 Å². The summed E-state index contributed by atoms with van der Waals surface area (Å²) in [5.74, 6) is 0. The molecule has 0 spiro atoms. The van der Waals surface area contributed by atoms with E-state index in [1.807, 2.05) is 24.3 Å². The number of hydrogen-bond donors (Lipinski definition) is 3. The number of likely N-dealkylation sites (tertiary alicyclic amines) is 1. The van der Waals surface area contributed by atoms with Gasteiger partial charge in [-0.25, -0.2) is 0 Å². The van der Waals surface area contributed by atoms with Crippen LogP contribution in [0.4, 0.5) is 0 Å². The van der Waals surface area contributed by atoms with Crippen LogP contribution in [0.15, 0.2) is 60.7 Å². The average Bonchev–Trinajstić information content (AvgIpc) is 2.68. The van der Waals surface area contributed by atoms with Gasteiger partial charge in [-0.15, -0.1) is 0 Å². The average molecular weight is 354 g/mol. The minimum Gasteiger partial charge on any atom is -0.396 e. The van der Waals surface area contributed by atoms with E-state index in [2.05, 4.69) is 46.6 Å². The highest BCUT2D eigenvalue weighted by molar-refractivity contribution is 5.16. The number of aliphatic hydroxyl groups is 2. The first-order valence-corrected chi connectivity index (χ1v) is 9.60. The highest BCUT2D eigenvalue weighted by Crippen LogP contribution is 2.24. The molecule has 2 aromatic rings. The van der Waals surface area contributed by atoms with Gasteiger partial charge in [-0.05, 0) is 30.4 Å². The molecule has 1 saturated heterocycles. The molecular formula is C22H30N2O2. The fourth-order valence-electron chi connectivity index (χ4n) is 3.80. The maximum absolute atomic E-state index is 10.6. The molecule has 0 aromatic heterocycles. The van der Waals surface area contributed by atoms with Crippen molar-refractivity contribution in [2.75, 3.05) is 13.2 Å². The van der Waals surface area contributed by atoms with Crippen molar-refractivity contribution >= 4 is 0 Å². The number of benzene rings is 2. The van der Waals surface area contributed by atoms with E-state index in [9.17, 15) is 10.2 Å². The van der Waals surface area contributed by atoms with Gasteiger partial charge in [0.15, 0.2) is 0 Å². The Hall–Kier alpha value is -1.72. The summed E-state index contributed by atoms with van der Waals surface area (Å²) in [6.45, 7) is 2.68. The van der Waals surface area contributed by atoms with Crippen molar-refractivity contribution in [3.63, 3.8) is 0 Å². The lowest BCUT2D eigenvalue weighted by Crippen LogP contribution is -2.57. The lowest BCUT2D eigenvalue weighted by atomic mass is 9.91. The Morgan fingerprint density at radius 1 is 0.962 bits per heavy atom. The van der Waals surface area contributed by atoms with Gasteiger partial charge in [0, 0.05) is 38.3 Å². The predicted molar refractivity (Wildman–Crippen MR) is 105 cm³/mol. The largest absolute Gasteiger partial charge is 0.396 e. The number of piperidine rings is 1. The van der Waals surface area contributed by atoms with Crippen LogP contribution in [0.1, 0.15) is 30.4 Å². The second-order valence-corrected chi connectivity index (χ2v) is 7.21. The van der Waals surface area contributed by atoms with E-state index >= 15 is 0 Å². The van der Waals surface area contributed by atoms with Gasteiger partial charge in [0.05, 0.1) is 6.10 Å². The topological polar surface area (TPSA) is 55.7 Å². The third kappa shape index (κ3) is 5.39. The van der Waals surface area contributed by atoms with Gasteiger partial charge < -0.3 is 15.5 Å². The Morgan fingerprint density at radius 2 is 1.62 bits per heavy atom. The molecule has 1 heterocycles. The van der Waals surface area contributed by atoms with Crippen LogP contribution in [0.2, 0.25) is 0 Å². The zero-order chi connectivity index (χ0) is 18.2. The fourth-order valence-corrected chi connectivity index (χ4v) is 3.80. The van der Waals surface area contributed by atoms with Gasteiger partial charge in [0.1, 0.15) is 0 Å². The molecule has 0 amide bonds. The summed E-state index contributed by atoms with van der Waals surface area (Å²) in [5, 5.41) is 23.4. The summed E-state index contributed by atoms with van der Waals surface area (Å²) in [6, 6.07) is 21.2. The number of nitrogens with zero attached hydrogens (tertiary/aromatic N) is 1. The highest BCUT2D eigenvalue weighted by atomic mass is 16.3. The van der Waals surface area contributed by atoms with Gasteiger partial charge in [0.25, 0.3) is 0 Å². The standard InChI is InChI=1S/C22H30N2O2/c25-13-7-12-20-14-22(26)21(23-15-18-8-3-1-4-9-18)17-24(20)16-19-10-5-2-6-11-19/h1-6,8-11,20-23,25-26H,7,12-17H2/t20-,21+,22-/m1/s1. The van der Waals surface area contributed by atoms with E-state index in [0.29, 0.717) is 6.04 Å². The molecule has 3 N–H and O–H groups in total. The van der Waals surface area contributed by atoms with Gasteiger partial charge >= 0.3 is 0 Å². The summed E-state index contributed by atoms with van der Waals surface area (Å²) >= 11 is 0. The molecule has 0 saturated carbocycles. The molecule has 0 bridgehead atoms. The Morgan fingerprint density at radius 3 is 2.27 bits per heavy atom. The van der Waals surface area contributed by atoms with E-state index in [1.54, 1.807) is 0 Å². The van der Waals surface area contributed by atoms with Crippen LogP contribution < -0.4 is 5.32 Å². The molecule has 4 nitrogen and oxygen atoms in total. The lowest BCUT2D eigenvalue weighted by molar-refractivity contribution is 0.00288. The zero-order valence-electron chi connectivity index (χ0n) is 15.3. The smallest absolute Gasteiger partial charge is 0.0720 e. The van der Waals surface area contributed by atoms with Crippen molar-refractivity contribution < 1.29 is 10.2 Å². The van der Waals surface area contributed by atoms with Crippen molar-refractivity contribution in [2.45, 2.75) is 50.5 Å². The molecule has 26 heavy (non-hydrogen) atoms. The number of hydrogen-bond acceptors (Lipinski definition) is 4. The first-order valence-electron chi connectivity index (χ1n) is 9.60. The molecule has 1 aliphatic heterocycles. The number of nitrogens with one attached hydrogen (secondary N) is 1.